The molecule has 142 valence electrons. The molecule has 1 saturated carbocycles. The van der Waals surface area contributed by atoms with Crippen LogP contribution in [0.25, 0.3) is 10.8 Å². The van der Waals surface area contributed by atoms with E-state index in [1.807, 2.05) is 42.5 Å². The van der Waals surface area contributed by atoms with Crippen molar-refractivity contribution in [2.24, 2.45) is 0 Å². The minimum atomic E-state index is -0.385. The van der Waals surface area contributed by atoms with E-state index in [2.05, 4.69) is 10.3 Å². The highest BCUT2D eigenvalue weighted by atomic mass is 16.6. The molecule has 0 bridgehead atoms. The monoisotopic (exact) mass is 375 g/mol. The highest BCUT2D eigenvalue weighted by molar-refractivity contribution is 5.96. The van der Waals surface area contributed by atoms with Crippen LogP contribution in [0.3, 0.4) is 0 Å². The van der Waals surface area contributed by atoms with Gasteiger partial charge in [-0.1, -0.05) is 42.8 Å². The Hall–Kier alpha value is -3.28. The number of nitrogens with one attached hydrogen (secondary N) is 1. The molecule has 3 aromatic rings. The fourth-order valence-electron chi connectivity index (χ4n) is 3.96. The van der Waals surface area contributed by atoms with Gasteiger partial charge in [0.2, 0.25) is 0 Å². The van der Waals surface area contributed by atoms with Gasteiger partial charge < -0.3 is 5.32 Å². The van der Waals surface area contributed by atoms with Crippen molar-refractivity contribution in [3.63, 3.8) is 0 Å². The molecular weight excluding hydrogens is 354 g/mol. The summed E-state index contributed by atoms with van der Waals surface area (Å²) in [6.45, 7) is 0. The second kappa shape index (κ2) is 7.76. The van der Waals surface area contributed by atoms with Crippen LogP contribution in [0.5, 0.6) is 0 Å². The Morgan fingerprint density at radius 2 is 1.82 bits per heavy atom. The van der Waals surface area contributed by atoms with E-state index in [1.165, 1.54) is 0 Å². The fraction of sp³-hybridized carbons (Fsp3) is 0.273. The van der Waals surface area contributed by atoms with Gasteiger partial charge in [-0.25, -0.2) is 0 Å². The van der Waals surface area contributed by atoms with Gasteiger partial charge in [-0.2, -0.15) is 0 Å². The van der Waals surface area contributed by atoms with Crippen molar-refractivity contribution in [3.05, 3.63) is 82.2 Å². The number of nitro groups is 1. The molecule has 6 heteroatoms. The SMILES string of the molecule is O=C(N[C@H]1CCC[C@@H](c2ccc([N+](=O)[O-])cc2)C1)c1cc2ccccc2cn1. The van der Waals surface area contributed by atoms with Gasteiger partial charge in [-0.3, -0.25) is 19.9 Å². The minimum Gasteiger partial charge on any atom is -0.348 e. The molecule has 1 heterocycles. The first kappa shape index (κ1) is 18.1. The number of carbonyl (C=O) groups excluding carboxylic acids is 1. The van der Waals surface area contributed by atoms with Crippen molar-refractivity contribution >= 4 is 22.4 Å². The number of pyridine rings is 1. The molecule has 0 radical (unpaired) electrons. The highest BCUT2D eigenvalue weighted by Crippen LogP contribution is 2.33. The number of nitro benzene ring substituents is 1. The molecule has 2 aromatic carbocycles. The zero-order valence-electron chi connectivity index (χ0n) is 15.4. The Morgan fingerprint density at radius 3 is 2.57 bits per heavy atom. The topological polar surface area (TPSA) is 85.1 Å². The predicted molar refractivity (Wildman–Crippen MR) is 107 cm³/mol. The number of rotatable bonds is 4. The third kappa shape index (κ3) is 3.86. The summed E-state index contributed by atoms with van der Waals surface area (Å²) in [5.74, 6) is 0.143. The predicted octanol–water partition coefficient (Wildman–Crippen LogP) is 4.60. The van der Waals surface area contributed by atoms with Crippen molar-refractivity contribution in [2.75, 3.05) is 0 Å². The summed E-state index contributed by atoms with van der Waals surface area (Å²) in [7, 11) is 0. The van der Waals surface area contributed by atoms with Crippen LogP contribution in [0, 0.1) is 10.1 Å². The first-order valence-electron chi connectivity index (χ1n) is 9.50. The third-order valence-corrected chi connectivity index (χ3v) is 5.45. The number of amides is 1. The number of benzene rings is 2. The first-order chi connectivity index (χ1) is 13.6. The van der Waals surface area contributed by atoms with Crippen LogP contribution in [0.15, 0.2) is 60.8 Å². The fourth-order valence-corrected chi connectivity index (χ4v) is 3.96. The molecule has 1 amide bonds. The summed E-state index contributed by atoms with van der Waals surface area (Å²) in [5.41, 5.74) is 1.62. The van der Waals surface area contributed by atoms with Gasteiger partial charge in [0.25, 0.3) is 11.6 Å². The quantitative estimate of drug-likeness (QED) is 0.533. The Balaban J connectivity index is 1.44. The third-order valence-electron chi connectivity index (χ3n) is 5.45. The molecule has 1 aliphatic carbocycles. The van der Waals surface area contributed by atoms with Gasteiger partial charge >= 0.3 is 0 Å². The summed E-state index contributed by atoms with van der Waals surface area (Å²) in [6.07, 6.45) is 5.53. The van der Waals surface area contributed by atoms with Gasteiger partial charge in [0.1, 0.15) is 5.69 Å². The summed E-state index contributed by atoms with van der Waals surface area (Å²) in [5, 5.41) is 16.0. The second-order valence-corrected chi connectivity index (χ2v) is 7.30. The Labute approximate surface area is 162 Å². The molecule has 0 spiro atoms. The standard InChI is InChI=1S/C22H21N3O3/c26-22(21-13-17-4-1-2-5-18(17)14-23-21)24-19-7-3-6-16(12-19)15-8-10-20(11-9-15)25(27)28/h1-2,4-5,8-11,13-14,16,19H,3,6-7,12H2,(H,24,26)/t16-,19+/m1/s1. The molecule has 2 atom stereocenters. The van der Waals surface area contributed by atoms with Crippen molar-refractivity contribution in [2.45, 2.75) is 37.6 Å². The van der Waals surface area contributed by atoms with E-state index in [-0.39, 0.29) is 22.6 Å². The summed E-state index contributed by atoms with van der Waals surface area (Å²) >= 11 is 0. The van der Waals surface area contributed by atoms with E-state index >= 15 is 0 Å². The van der Waals surface area contributed by atoms with Crippen molar-refractivity contribution in [3.8, 4) is 0 Å². The van der Waals surface area contributed by atoms with Crippen molar-refractivity contribution in [1.82, 2.24) is 10.3 Å². The molecule has 1 fully saturated rings. The van der Waals surface area contributed by atoms with Crippen LogP contribution in [0.1, 0.15) is 47.7 Å². The molecule has 6 nitrogen and oxygen atoms in total. The number of fused-ring (bicyclic) bond motifs is 1. The van der Waals surface area contributed by atoms with Crippen molar-refractivity contribution in [1.29, 1.82) is 0 Å². The van der Waals surface area contributed by atoms with Crippen LogP contribution >= 0.6 is 0 Å². The molecule has 0 unspecified atom stereocenters. The molecule has 1 aromatic heterocycles. The maximum atomic E-state index is 12.7. The van der Waals surface area contributed by atoms with E-state index in [9.17, 15) is 14.9 Å². The minimum absolute atomic E-state index is 0.0784. The lowest BCUT2D eigenvalue weighted by Crippen LogP contribution is -2.38. The van der Waals surface area contributed by atoms with E-state index in [4.69, 9.17) is 0 Å². The average Bonchev–Trinajstić information content (AvgIpc) is 2.73. The normalized spacial score (nSPS) is 19.3. The molecule has 1 aliphatic rings. The molecule has 4 rings (SSSR count). The average molecular weight is 375 g/mol. The number of aromatic nitrogens is 1. The molecular formula is C22H21N3O3. The highest BCUT2D eigenvalue weighted by Gasteiger charge is 2.25. The van der Waals surface area contributed by atoms with Gasteiger partial charge in [0, 0.05) is 29.8 Å². The number of non-ortho nitro benzene ring substituents is 1. The number of hydrogen-bond donors (Lipinski definition) is 1. The zero-order chi connectivity index (χ0) is 19.5. The van der Waals surface area contributed by atoms with Crippen LogP contribution in [-0.4, -0.2) is 21.9 Å². The van der Waals surface area contributed by atoms with Crippen LogP contribution < -0.4 is 5.32 Å². The Morgan fingerprint density at radius 1 is 1.07 bits per heavy atom. The number of carbonyl (C=O) groups is 1. The largest absolute Gasteiger partial charge is 0.348 e. The molecule has 1 N–H and O–H groups in total. The van der Waals surface area contributed by atoms with E-state index in [1.54, 1.807) is 18.3 Å². The van der Waals surface area contributed by atoms with E-state index in [0.29, 0.717) is 11.6 Å². The second-order valence-electron chi connectivity index (χ2n) is 7.30. The maximum Gasteiger partial charge on any atom is 0.270 e. The zero-order valence-corrected chi connectivity index (χ0v) is 15.4. The summed E-state index contributed by atoms with van der Waals surface area (Å²) in [4.78, 5) is 27.4. The van der Waals surface area contributed by atoms with Crippen LogP contribution in [0.2, 0.25) is 0 Å². The summed E-state index contributed by atoms with van der Waals surface area (Å²) in [6, 6.07) is 16.5. The molecule has 0 aliphatic heterocycles. The van der Waals surface area contributed by atoms with Gasteiger partial charge in [0.05, 0.1) is 4.92 Å². The van der Waals surface area contributed by atoms with E-state index < -0.39 is 0 Å². The van der Waals surface area contributed by atoms with Gasteiger partial charge in [-0.05, 0) is 42.2 Å². The first-order valence-corrected chi connectivity index (χ1v) is 9.50. The smallest absolute Gasteiger partial charge is 0.270 e. The Kier molecular flexibility index (Phi) is 5.02. The molecule has 28 heavy (non-hydrogen) atoms. The summed E-state index contributed by atoms with van der Waals surface area (Å²) < 4.78 is 0. The van der Waals surface area contributed by atoms with E-state index in [0.717, 1.165) is 42.0 Å². The lowest BCUT2D eigenvalue weighted by Gasteiger charge is -2.30. The van der Waals surface area contributed by atoms with Gasteiger partial charge in [0.15, 0.2) is 0 Å². The Bertz CT molecular complexity index is 1020. The lowest BCUT2D eigenvalue weighted by molar-refractivity contribution is -0.384. The van der Waals surface area contributed by atoms with Crippen molar-refractivity contribution < 1.29 is 9.72 Å². The van der Waals surface area contributed by atoms with Crippen LogP contribution in [0.4, 0.5) is 5.69 Å². The van der Waals surface area contributed by atoms with Crippen LogP contribution in [-0.2, 0) is 0 Å². The number of nitrogens with zero attached hydrogens (tertiary/aromatic N) is 2. The van der Waals surface area contributed by atoms with Gasteiger partial charge in [-0.15, -0.1) is 0 Å². The molecule has 0 saturated heterocycles. The maximum absolute atomic E-state index is 12.7. The number of hydrogen-bond acceptors (Lipinski definition) is 4. The lowest BCUT2D eigenvalue weighted by atomic mass is 9.81.